The largest absolute Gasteiger partial charge is 0.748 e. The van der Waals surface area contributed by atoms with Crippen LogP contribution in [0.1, 0.15) is 5.56 Å². The molecular weight excluding hydrogens is 340 g/mol. The summed E-state index contributed by atoms with van der Waals surface area (Å²) in [5, 5.41) is 0. The molecule has 0 aliphatic carbocycles. The van der Waals surface area contributed by atoms with E-state index in [2.05, 4.69) is 65.3 Å². The van der Waals surface area contributed by atoms with Gasteiger partial charge < -0.3 is 30.3 Å². The Morgan fingerprint density at radius 3 is 2.00 bits per heavy atom. The molecule has 0 radical (unpaired) electrons. The van der Waals surface area contributed by atoms with Crippen LogP contribution in [0.4, 0.5) is 0 Å². The molecule has 0 aliphatic heterocycles. The number of rotatable bonds is 1. The third-order valence-corrected chi connectivity index (χ3v) is 3.34. The minimum atomic E-state index is 0. The summed E-state index contributed by atoms with van der Waals surface area (Å²) in [5.41, 5.74) is 3.83. The van der Waals surface area contributed by atoms with Gasteiger partial charge >= 0.3 is 0 Å². The monoisotopic (exact) mass is 354 g/mol. The predicted octanol–water partition coefficient (Wildman–Crippen LogP) is 5.55. The normalized spacial score (nSPS) is 9.16. The van der Waals surface area contributed by atoms with Gasteiger partial charge in [0.1, 0.15) is 0 Å². The molecule has 0 spiro atoms. The molecule has 0 heterocycles. The quantitative estimate of drug-likeness (QED) is 0.397. The topological polar surface area (TPSA) is 0 Å². The van der Waals surface area contributed by atoms with Crippen molar-refractivity contribution in [2.75, 3.05) is 0 Å². The molecular formula is C17H15BrFe-6. The van der Waals surface area contributed by atoms with E-state index in [1.165, 1.54) is 16.7 Å². The fraction of sp³-hybridized carbons (Fsp3) is 0.0588. The van der Waals surface area contributed by atoms with Crippen LogP contribution >= 0.6 is 15.9 Å². The second-order valence-electron chi connectivity index (χ2n) is 4.12. The van der Waals surface area contributed by atoms with Crippen LogP contribution in [0.5, 0.6) is 0 Å². The molecule has 0 bridgehead atoms. The molecule has 3 rings (SSSR count). The number of hydrogen-bond donors (Lipinski definition) is 0. The first kappa shape index (κ1) is 16.0. The Morgan fingerprint density at radius 2 is 1.47 bits per heavy atom. The fourth-order valence-electron chi connectivity index (χ4n) is 1.73. The zero-order chi connectivity index (χ0) is 12.8. The minimum Gasteiger partial charge on any atom is -0.748 e. The second-order valence-corrected chi connectivity index (χ2v) is 4.97. The summed E-state index contributed by atoms with van der Waals surface area (Å²) >= 11 is 3.55. The van der Waals surface area contributed by atoms with Crippen LogP contribution in [-0.4, -0.2) is 0 Å². The zero-order valence-electron chi connectivity index (χ0n) is 10.7. The minimum absolute atomic E-state index is 0. The van der Waals surface area contributed by atoms with Crippen LogP contribution in [0.15, 0.2) is 77.3 Å². The van der Waals surface area contributed by atoms with Gasteiger partial charge in [0.05, 0.1) is 0 Å². The molecule has 0 unspecified atom stereocenters. The van der Waals surface area contributed by atoms with Crippen LogP contribution in [0.25, 0.3) is 11.1 Å². The Hall–Kier alpha value is -1.08. The van der Waals surface area contributed by atoms with Gasteiger partial charge in [-0.2, -0.15) is 12.1 Å². The van der Waals surface area contributed by atoms with Crippen molar-refractivity contribution < 1.29 is 17.1 Å². The van der Waals surface area contributed by atoms with E-state index in [4.69, 9.17) is 0 Å². The van der Waals surface area contributed by atoms with E-state index in [9.17, 15) is 0 Å². The van der Waals surface area contributed by atoms with E-state index in [-0.39, 0.29) is 17.1 Å². The maximum atomic E-state index is 3.55. The molecule has 2 heteroatoms. The molecule has 0 aromatic heterocycles. The number of benzene rings is 1. The number of aryl methyl sites for hydroxylation is 1. The summed E-state index contributed by atoms with van der Waals surface area (Å²) < 4.78 is 1.16. The molecule has 104 valence electrons. The van der Waals surface area contributed by atoms with Crippen LogP contribution in [0, 0.1) is 6.92 Å². The first-order chi connectivity index (χ1) is 8.77. The summed E-state index contributed by atoms with van der Waals surface area (Å²) in [6.45, 7) is 2.11. The Balaban J connectivity index is 0.000000256. The van der Waals surface area contributed by atoms with Crippen molar-refractivity contribution in [3.63, 3.8) is 0 Å². The summed E-state index contributed by atoms with van der Waals surface area (Å²) in [6.07, 6.45) is 0. The summed E-state index contributed by atoms with van der Waals surface area (Å²) in [5.74, 6) is 0. The van der Waals surface area contributed by atoms with Crippen molar-refractivity contribution in [2.45, 2.75) is 6.92 Å². The molecule has 19 heavy (non-hydrogen) atoms. The van der Waals surface area contributed by atoms with Crippen molar-refractivity contribution in [3.8, 4) is 11.1 Å². The Morgan fingerprint density at radius 1 is 0.947 bits per heavy atom. The van der Waals surface area contributed by atoms with E-state index < -0.39 is 0 Å². The van der Waals surface area contributed by atoms with Gasteiger partial charge in [0.15, 0.2) is 0 Å². The average Bonchev–Trinajstić information content (AvgIpc) is 3.07. The molecule has 0 saturated heterocycles. The maximum Gasteiger partial charge on any atom is 0 e. The van der Waals surface area contributed by atoms with E-state index in [0.29, 0.717) is 0 Å². The first-order valence-electron chi connectivity index (χ1n) is 5.92. The molecule has 0 amide bonds. The fourth-order valence-corrected chi connectivity index (χ4v) is 2.21. The van der Waals surface area contributed by atoms with E-state index in [0.717, 1.165) is 4.47 Å². The van der Waals surface area contributed by atoms with E-state index in [1.807, 2.05) is 30.3 Å². The van der Waals surface area contributed by atoms with Gasteiger partial charge in [0.2, 0.25) is 0 Å². The van der Waals surface area contributed by atoms with Gasteiger partial charge in [-0.3, -0.25) is 0 Å². The molecule has 3 aromatic rings. The van der Waals surface area contributed by atoms with E-state index in [1.54, 1.807) is 0 Å². The summed E-state index contributed by atoms with van der Waals surface area (Å²) in [6, 6.07) is 24.8. The Kier molecular flexibility index (Phi) is 6.86. The zero-order valence-corrected chi connectivity index (χ0v) is 13.3. The maximum absolute atomic E-state index is 3.55. The van der Waals surface area contributed by atoms with Crippen LogP contribution in [0.2, 0.25) is 0 Å². The van der Waals surface area contributed by atoms with Crippen molar-refractivity contribution >= 4 is 15.9 Å². The molecule has 0 fully saturated rings. The number of halogens is 1. The molecule has 0 N–H and O–H groups in total. The van der Waals surface area contributed by atoms with Gasteiger partial charge in [-0.05, 0) is 11.4 Å². The van der Waals surface area contributed by atoms with Crippen LogP contribution < -0.4 is 0 Å². The molecule has 3 aromatic carbocycles. The van der Waals surface area contributed by atoms with Crippen molar-refractivity contribution in [3.05, 3.63) is 82.8 Å². The Bertz CT molecular complexity index is 548. The molecule has 0 nitrogen and oxygen atoms in total. The third-order valence-electron chi connectivity index (χ3n) is 2.65. The molecule has 0 atom stereocenters. The van der Waals surface area contributed by atoms with E-state index >= 15 is 0 Å². The van der Waals surface area contributed by atoms with Gasteiger partial charge in [-0.25, -0.2) is 0 Å². The summed E-state index contributed by atoms with van der Waals surface area (Å²) in [4.78, 5) is 0. The second kappa shape index (κ2) is 8.16. The standard InChI is InChI=1S/C12H10Br.C5H5.Fe/c1-9-6-7-12(13)11(8-9)10-4-2-3-5-10;1-2-4-5-3-1;/h2-8H,1H3;1-5H;/q-1;-5;. The van der Waals surface area contributed by atoms with Gasteiger partial charge in [0, 0.05) is 17.1 Å². The smallest absolute Gasteiger partial charge is 0 e. The molecule has 0 saturated carbocycles. The SMILES string of the molecule is Cc1ccc(Br)c(-[c-]2cccc2)c1.[Fe].[cH-]1[cH-][cH-][cH-][cH-]1. The Labute approximate surface area is 133 Å². The predicted molar refractivity (Wildman–Crippen MR) is 81.9 cm³/mol. The number of hydrogen-bond acceptors (Lipinski definition) is 0. The third kappa shape index (κ3) is 4.83. The summed E-state index contributed by atoms with van der Waals surface area (Å²) in [7, 11) is 0. The van der Waals surface area contributed by atoms with Crippen molar-refractivity contribution in [2.24, 2.45) is 0 Å². The van der Waals surface area contributed by atoms with Gasteiger partial charge in [0.25, 0.3) is 0 Å². The van der Waals surface area contributed by atoms with Crippen molar-refractivity contribution in [1.29, 1.82) is 0 Å². The van der Waals surface area contributed by atoms with Crippen molar-refractivity contribution in [1.82, 2.24) is 0 Å². The average molecular weight is 355 g/mol. The first-order valence-corrected chi connectivity index (χ1v) is 6.71. The van der Waals surface area contributed by atoms with Crippen LogP contribution in [-0.2, 0) is 17.1 Å². The van der Waals surface area contributed by atoms with Crippen LogP contribution in [0.3, 0.4) is 0 Å². The van der Waals surface area contributed by atoms with Gasteiger partial charge in [-0.15, -0.1) is 39.7 Å². The molecule has 0 aliphatic rings. The van der Waals surface area contributed by atoms with Gasteiger partial charge in [-0.1, -0.05) is 23.3 Å².